The van der Waals surface area contributed by atoms with Crippen LogP contribution in [0.3, 0.4) is 0 Å². The molecule has 1 aromatic heterocycles. The molecule has 0 aliphatic heterocycles. The van der Waals surface area contributed by atoms with Crippen LogP contribution in [0.2, 0.25) is 10.0 Å². The van der Waals surface area contributed by atoms with Crippen LogP contribution in [0, 0.1) is 0 Å². The minimum Gasteiger partial charge on any atom is -0.299 e. The number of nitrogens with one attached hydrogen (secondary N) is 1. The Morgan fingerprint density at radius 2 is 1.80 bits per heavy atom. The first-order valence-electron chi connectivity index (χ1n) is 8.44. The van der Waals surface area contributed by atoms with Crippen LogP contribution in [-0.2, 0) is 20.6 Å². The maximum Gasteiger partial charge on any atom is 0.246 e. The Bertz CT molecular complexity index is 1120. The Labute approximate surface area is 192 Å². The smallest absolute Gasteiger partial charge is 0.246 e. The van der Waals surface area contributed by atoms with Crippen molar-refractivity contribution in [2.75, 3.05) is 22.4 Å². The Morgan fingerprint density at radius 1 is 1.13 bits per heavy atom. The lowest BCUT2D eigenvalue weighted by Crippen LogP contribution is -2.37. The summed E-state index contributed by atoms with van der Waals surface area (Å²) in [7, 11) is -3.75. The van der Waals surface area contributed by atoms with E-state index in [2.05, 4.69) is 15.5 Å². The minimum absolute atomic E-state index is 0.196. The van der Waals surface area contributed by atoms with Gasteiger partial charge in [-0.2, -0.15) is 0 Å². The molecule has 2 aromatic carbocycles. The Hall–Kier alpha value is -1.85. The van der Waals surface area contributed by atoms with E-state index in [1.165, 1.54) is 41.3 Å². The van der Waals surface area contributed by atoms with Crippen LogP contribution in [0.4, 0.5) is 10.8 Å². The van der Waals surface area contributed by atoms with E-state index in [0.717, 1.165) is 21.9 Å². The molecule has 0 saturated heterocycles. The van der Waals surface area contributed by atoms with E-state index in [4.69, 9.17) is 23.2 Å². The van der Waals surface area contributed by atoms with Crippen molar-refractivity contribution in [1.82, 2.24) is 10.2 Å². The number of aromatic nitrogens is 2. The quantitative estimate of drug-likeness (QED) is 0.359. The summed E-state index contributed by atoms with van der Waals surface area (Å²) in [5.41, 5.74) is 1.34. The first-order chi connectivity index (χ1) is 14.2. The summed E-state index contributed by atoms with van der Waals surface area (Å²) in [5.74, 6) is 0.160. The van der Waals surface area contributed by atoms with Gasteiger partial charge in [0.2, 0.25) is 21.1 Å². The second-order valence-electron chi connectivity index (χ2n) is 6.09. The molecule has 158 valence electrons. The molecular formula is C18H16Cl2N4O3S3. The van der Waals surface area contributed by atoms with E-state index in [9.17, 15) is 13.2 Å². The number of hydrogen-bond acceptors (Lipinski definition) is 7. The summed E-state index contributed by atoms with van der Waals surface area (Å²) < 4.78 is 26.0. The van der Waals surface area contributed by atoms with Gasteiger partial charge in [-0.05, 0) is 23.8 Å². The lowest BCUT2D eigenvalue weighted by Gasteiger charge is -2.22. The molecule has 7 nitrogen and oxygen atoms in total. The molecule has 30 heavy (non-hydrogen) atoms. The summed E-state index contributed by atoms with van der Waals surface area (Å²) in [5, 5.41) is 11.4. The predicted octanol–water partition coefficient (Wildman–Crippen LogP) is 4.54. The highest BCUT2D eigenvalue weighted by Crippen LogP contribution is 2.29. The molecule has 0 unspecified atom stereocenters. The number of amides is 1. The van der Waals surface area contributed by atoms with Crippen molar-refractivity contribution < 1.29 is 13.2 Å². The molecule has 0 radical (unpaired) electrons. The molecule has 1 amide bonds. The molecule has 3 aromatic rings. The lowest BCUT2D eigenvalue weighted by molar-refractivity contribution is -0.114. The SMILES string of the molecule is CS(=O)(=O)N(CC(=O)Nc1nnc(SCc2ccccc2)s1)c1cc(Cl)cc(Cl)c1. The number of carbonyl (C=O) groups excluding carboxylic acids is 1. The third-order valence-corrected chi connectivity index (χ3v) is 7.30. The Kier molecular flexibility index (Phi) is 7.59. The lowest BCUT2D eigenvalue weighted by atomic mass is 10.2. The number of nitrogens with zero attached hydrogens (tertiary/aromatic N) is 3. The topological polar surface area (TPSA) is 92.3 Å². The Morgan fingerprint density at radius 3 is 2.43 bits per heavy atom. The van der Waals surface area contributed by atoms with Crippen molar-refractivity contribution in [3.63, 3.8) is 0 Å². The average Bonchev–Trinajstić information content (AvgIpc) is 3.11. The number of carbonyl (C=O) groups is 1. The van der Waals surface area contributed by atoms with Crippen molar-refractivity contribution >= 4 is 73.0 Å². The van der Waals surface area contributed by atoms with Gasteiger partial charge in [0.25, 0.3) is 0 Å². The summed E-state index contributed by atoms with van der Waals surface area (Å²) >= 11 is 14.6. The van der Waals surface area contributed by atoms with Gasteiger partial charge in [-0.25, -0.2) is 8.42 Å². The fourth-order valence-corrected chi connectivity index (χ4v) is 5.49. The van der Waals surface area contributed by atoms with Gasteiger partial charge < -0.3 is 0 Å². The van der Waals surface area contributed by atoms with E-state index in [0.29, 0.717) is 4.34 Å². The van der Waals surface area contributed by atoms with Crippen LogP contribution < -0.4 is 9.62 Å². The van der Waals surface area contributed by atoms with Crippen LogP contribution in [0.1, 0.15) is 5.56 Å². The van der Waals surface area contributed by atoms with Crippen LogP contribution in [0.25, 0.3) is 0 Å². The van der Waals surface area contributed by atoms with E-state index >= 15 is 0 Å². The molecular weight excluding hydrogens is 487 g/mol. The molecule has 0 saturated carbocycles. The fraction of sp³-hybridized carbons (Fsp3) is 0.167. The molecule has 1 N–H and O–H groups in total. The number of anilines is 2. The predicted molar refractivity (Wildman–Crippen MR) is 123 cm³/mol. The molecule has 3 rings (SSSR count). The average molecular weight is 503 g/mol. The zero-order valence-corrected chi connectivity index (χ0v) is 19.5. The van der Waals surface area contributed by atoms with Crippen LogP contribution >= 0.6 is 46.3 Å². The molecule has 0 fully saturated rings. The zero-order chi connectivity index (χ0) is 21.7. The van der Waals surface area contributed by atoms with E-state index in [1.807, 2.05) is 30.3 Å². The maximum absolute atomic E-state index is 12.5. The normalized spacial score (nSPS) is 11.3. The molecule has 0 atom stereocenters. The highest BCUT2D eigenvalue weighted by Gasteiger charge is 2.22. The van der Waals surface area contributed by atoms with Crippen molar-refractivity contribution in [1.29, 1.82) is 0 Å². The van der Waals surface area contributed by atoms with Crippen molar-refractivity contribution in [3.05, 3.63) is 64.1 Å². The number of rotatable bonds is 8. The third-order valence-electron chi connectivity index (χ3n) is 3.68. The van der Waals surface area contributed by atoms with Gasteiger partial charge in [-0.3, -0.25) is 14.4 Å². The molecule has 1 heterocycles. The molecule has 12 heteroatoms. The standard InChI is InChI=1S/C18H16Cl2N4O3S3/c1-30(26,27)24(15-8-13(19)7-14(20)9-15)10-16(25)21-17-22-23-18(29-17)28-11-12-5-3-2-4-6-12/h2-9H,10-11H2,1H3,(H,21,22,25). The minimum atomic E-state index is -3.75. The Balaban J connectivity index is 1.65. The monoisotopic (exact) mass is 502 g/mol. The van der Waals surface area contributed by atoms with Gasteiger partial charge in [-0.15, -0.1) is 10.2 Å². The third kappa shape index (κ3) is 6.58. The number of thioether (sulfide) groups is 1. The van der Waals surface area contributed by atoms with Crippen LogP contribution in [-0.4, -0.2) is 37.3 Å². The molecule has 0 bridgehead atoms. The molecule has 0 spiro atoms. The highest BCUT2D eigenvalue weighted by molar-refractivity contribution is 8.00. The second kappa shape index (κ2) is 9.97. The highest BCUT2D eigenvalue weighted by atomic mass is 35.5. The van der Waals surface area contributed by atoms with E-state index in [-0.39, 0.29) is 20.9 Å². The number of halogens is 2. The number of benzene rings is 2. The van der Waals surface area contributed by atoms with Gasteiger partial charge >= 0.3 is 0 Å². The van der Waals surface area contributed by atoms with Crippen molar-refractivity contribution in [2.24, 2.45) is 0 Å². The number of sulfonamides is 1. The maximum atomic E-state index is 12.5. The number of hydrogen-bond donors (Lipinski definition) is 1. The summed E-state index contributed by atoms with van der Waals surface area (Å²) in [6.07, 6.45) is 0.998. The summed E-state index contributed by atoms with van der Waals surface area (Å²) in [4.78, 5) is 12.5. The van der Waals surface area contributed by atoms with Crippen LogP contribution in [0.5, 0.6) is 0 Å². The molecule has 0 aliphatic rings. The van der Waals surface area contributed by atoms with Crippen molar-refractivity contribution in [2.45, 2.75) is 10.1 Å². The second-order valence-corrected chi connectivity index (χ2v) is 11.1. The van der Waals surface area contributed by atoms with Gasteiger partial charge in [0.1, 0.15) is 6.54 Å². The first kappa shape index (κ1) is 22.8. The summed E-state index contributed by atoms with van der Waals surface area (Å²) in [6, 6.07) is 14.2. The largest absolute Gasteiger partial charge is 0.299 e. The van der Waals surface area contributed by atoms with Gasteiger partial charge in [0.05, 0.1) is 11.9 Å². The fourth-order valence-electron chi connectivity index (χ4n) is 2.41. The zero-order valence-electron chi connectivity index (χ0n) is 15.6. The van der Waals surface area contributed by atoms with Crippen molar-refractivity contribution in [3.8, 4) is 0 Å². The van der Waals surface area contributed by atoms with Crippen LogP contribution in [0.15, 0.2) is 52.9 Å². The van der Waals surface area contributed by atoms with Gasteiger partial charge in [0, 0.05) is 15.8 Å². The van der Waals surface area contributed by atoms with Gasteiger partial charge in [0.15, 0.2) is 4.34 Å². The molecule has 0 aliphatic carbocycles. The van der Waals surface area contributed by atoms with E-state index < -0.39 is 22.5 Å². The first-order valence-corrected chi connectivity index (χ1v) is 12.9. The van der Waals surface area contributed by atoms with Gasteiger partial charge in [-0.1, -0.05) is 76.6 Å². The summed E-state index contributed by atoms with van der Waals surface area (Å²) in [6.45, 7) is -0.457. The van der Waals surface area contributed by atoms with E-state index in [1.54, 1.807) is 0 Å².